The van der Waals surface area contributed by atoms with E-state index in [-0.39, 0.29) is 11.8 Å². The minimum absolute atomic E-state index is 0.195. The highest BCUT2D eigenvalue weighted by atomic mass is 32.1. The first kappa shape index (κ1) is 11.4. The maximum Gasteiger partial charge on any atom is 0.223 e. The molecule has 1 heterocycles. The number of hydrogen-bond acceptors (Lipinski definition) is 2. The van der Waals surface area contributed by atoms with Gasteiger partial charge in [-0.25, -0.2) is 0 Å². The summed E-state index contributed by atoms with van der Waals surface area (Å²) in [4.78, 5) is 14.4. The minimum atomic E-state index is 0.195. The average molecular weight is 239 g/mol. The molecule has 1 aromatic rings. The van der Waals surface area contributed by atoms with Gasteiger partial charge in [-0.3, -0.25) is 4.79 Å². The Labute approximate surface area is 100 Å². The average Bonchev–Trinajstić information content (AvgIpc) is 3.06. The normalized spacial score (nSPS) is 15.1. The fourth-order valence-electron chi connectivity index (χ4n) is 1.75. The zero-order valence-electron chi connectivity index (χ0n) is 9.45. The summed E-state index contributed by atoms with van der Waals surface area (Å²) in [7, 11) is 0. The molecule has 0 aliphatic heterocycles. The van der Waals surface area contributed by atoms with Crippen LogP contribution in [0.4, 0.5) is 0 Å². The predicted octanol–water partition coefficient (Wildman–Crippen LogP) is 1.63. The van der Waals surface area contributed by atoms with Crippen molar-refractivity contribution in [3.8, 4) is 0 Å². The second kappa shape index (κ2) is 4.82. The van der Waals surface area contributed by atoms with E-state index in [1.807, 2.05) is 10.8 Å². The van der Waals surface area contributed by atoms with Crippen molar-refractivity contribution in [1.29, 1.82) is 0 Å². The lowest BCUT2D eigenvalue weighted by Crippen LogP contribution is -2.28. The van der Waals surface area contributed by atoms with Crippen LogP contribution in [0, 0.1) is 10.7 Å². The number of imidazole rings is 1. The van der Waals surface area contributed by atoms with Crippen LogP contribution < -0.4 is 5.32 Å². The molecular weight excluding hydrogens is 222 g/mol. The summed E-state index contributed by atoms with van der Waals surface area (Å²) in [5, 5.41) is 2.94. The van der Waals surface area contributed by atoms with Gasteiger partial charge in [0.05, 0.1) is 0 Å². The van der Waals surface area contributed by atoms with Crippen molar-refractivity contribution in [3.05, 3.63) is 16.7 Å². The summed E-state index contributed by atoms with van der Waals surface area (Å²) in [5.41, 5.74) is 1.19. The molecule has 1 fully saturated rings. The van der Waals surface area contributed by atoms with Crippen molar-refractivity contribution in [2.45, 2.75) is 32.7 Å². The van der Waals surface area contributed by atoms with E-state index >= 15 is 0 Å². The molecule has 16 heavy (non-hydrogen) atoms. The second-order valence-corrected chi connectivity index (χ2v) is 4.54. The van der Waals surface area contributed by atoms with Gasteiger partial charge in [-0.1, -0.05) is 6.92 Å². The first-order valence-corrected chi connectivity index (χ1v) is 6.18. The third-order valence-corrected chi connectivity index (χ3v) is 3.24. The molecule has 88 valence electrons. The third-order valence-electron chi connectivity index (χ3n) is 2.90. The van der Waals surface area contributed by atoms with Gasteiger partial charge in [-0.15, -0.1) is 0 Å². The van der Waals surface area contributed by atoms with Crippen LogP contribution in [0.5, 0.6) is 0 Å². The number of carbonyl (C=O) groups excluding carboxylic acids is 1. The van der Waals surface area contributed by atoms with Crippen LogP contribution in [0.3, 0.4) is 0 Å². The van der Waals surface area contributed by atoms with Gasteiger partial charge < -0.3 is 14.9 Å². The number of nitrogens with zero attached hydrogens (tertiary/aromatic N) is 1. The van der Waals surface area contributed by atoms with E-state index in [0.717, 1.165) is 30.6 Å². The molecule has 1 amide bonds. The molecule has 0 atom stereocenters. The lowest BCUT2D eigenvalue weighted by molar-refractivity contribution is -0.122. The topological polar surface area (TPSA) is 49.8 Å². The van der Waals surface area contributed by atoms with E-state index in [4.69, 9.17) is 12.2 Å². The van der Waals surface area contributed by atoms with Gasteiger partial charge in [0.15, 0.2) is 4.77 Å². The number of aromatic nitrogens is 2. The van der Waals surface area contributed by atoms with E-state index in [0.29, 0.717) is 6.54 Å². The van der Waals surface area contributed by atoms with Crippen LogP contribution in [0.1, 0.15) is 25.5 Å². The summed E-state index contributed by atoms with van der Waals surface area (Å²) < 4.78 is 2.78. The highest BCUT2D eigenvalue weighted by Crippen LogP contribution is 2.28. The number of aromatic amines is 1. The van der Waals surface area contributed by atoms with Crippen molar-refractivity contribution in [3.63, 3.8) is 0 Å². The Morgan fingerprint density at radius 3 is 3.06 bits per heavy atom. The zero-order chi connectivity index (χ0) is 11.5. The fourth-order valence-corrected chi connectivity index (χ4v) is 2.02. The highest BCUT2D eigenvalue weighted by molar-refractivity contribution is 7.71. The Hall–Kier alpha value is -1.10. The molecule has 1 aromatic heterocycles. The fraction of sp³-hybridized carbons (Fsp3) is 0.636. The Balaban J connectivity index is 1.86. The molecule has 4 nitrogen and oxygen atoms in total. The van der Waals surface area contributed by atoms with Crippen LogP contribution in [-0.2, 0) is 17.8 Å². The molecule has 0 saturated heterocycles. The Kier molecular flexibility index (Phi) is 3.43. The molecule has 2 N–H and O–H groups in total. The summed E-state index contributed by atoms with van der Waals surface area (Å²) in [6.07, 6.45) is 4.99. The van der Waals surface area contributed by atoms with E-state index in [1.165, 1.54) is 5.69 Å². The van der Waals surface area contributed by atoms with E-state index in [9.17, 15) is 4.79 Å². The maximum atomic E-state index is 11.4. The number of amides is 1. The molecule has 0 unspecified atom stereocenters. The van der Waals surface area contributed by atoms with Crippen molar-refractivity contribution in [2.24, 2.45) is 5.92 Å². The standard InChI is InChI=1S/C11H17N3OS/c1-2-9-7-13-11(16)14(9)6-5-12-10(15)8-3-4-8/h7-8H,2-6H2,1H3,(H,12,15)(H,13,16). The molecule has 1 saturated carbocycles. The van der Waals surface area contributed by atoms with Crippen LogP contribution >= 0.6 is 12.2 Å². The SMILES string of the molecule is CCc1c[nH]c(=S)n1CCNC(=O)C1CC1. The van der Waals surface area contributed by atoms with Gasteiger partial charge in [0.1, 0.15) is 0 Å². The minimum Gasteiger partial charge on any atom is -0.354 e. The Morgan fingerprint density at radius 1 is 1.69 bits per heavy atom. The first-order valence-electron chi connectivity index (χ1n) is 5.77. The van der Waals surface area contributed by atoms with Crippen molar-refractivity contribution < 1.29 is 4.79 Å². The van der Waals surface area contributed by atoms with Crippen LogP contribution in [0.25, 0.3) is 0 Å². The van der Waals surface area contributed by atoms with Gasteiger partial charge in [-0.2, -0.15) is 0 Å². The lowest BCUT2D eigenvalue weighted by Gasteiger charge is -2.08. The number of H-pyrrole nitrogens is 1. The molecule has 0 aromatic carbocycles. The second-order valence-electron chi connectivity index (χ2n) is 4.16. The molecule has 0 radical (unpaired) electrons. The Morgan fingerprint density at radius 2 is 2.44 bits per heavy atom. The summed E-state index contributed by atoms with van der Waals surface area (Å²) >= 11 is 5.18. The van der Waals surface area contributed by atoms with Crippen LogP contribution in [-0.4, -0.2) is 22.0 Å². The van der Waals surface area contributed by atoms with E-state index < -0.39 is 0 Å². The zero-order valence-corrected chi connectivity index (χ0v) is 10.3. The van der Waals surface area contributed by atoms with Gasteiger partial charge in [0.25, 0.3) is 0 Å². The van der Waals surface area contributed by atoms with Crippen LogP contribution in [0.2, 0.25) is 0 Å². The summed E-state index contributed by atoms with van der Waals surface area (Å²) in [6, 6.07) is 0. The largest absolute Gasteiger partial charge is 0.354 e. The van der Waals surface area contributed by atoms with Crippen LogP contribution in [0.15, 0.2) is 6.20 Å². The molecule has 5 heteroatoms. The van der Waals surface area contributed by atoms with E-state index in [2.05, 4.69) is 17.2 Å². The number of carbonyl (C=O) groups is 1. The predicted molar refractivity (Wildman–Crippen MR) is 64.7 cm³/mol. The highest BCUT2D eigenvalue weighted by Gasteiger charge is 2.28. The molecule has 1 aliphatic carbocycles. The van der Waals surface area contributed by atoms with Gasteiger partial charge >= 0.3 is 0 Å². The van der Waals surface area contributed by atoms with E-state index in [1.54, 1.807) is 0 Å². The maximum absolute atomic E-state index is 11.4. The smallest absolute Gasteiger partial charge is 0.223 e. The van der Waals surface area contributed by atoms with Crippen molar-refractivity contribution in [1.82, 2.24) is 14.9 Å². The molecule has 1 aliphatic rings. The monoisotopic (exact) mass is 239 g/mol. The molecule has 0 bridgehead atoms. The third kappa shape index (κ3) is 2.52. The Bertz CT molecular complexity index is 431. The number of hydrogen-bond donors (Lipinski definition) is 2. The van der Waals surface area contributed by atoms with Gasteiger partial charge in [0.2, 0.25) is 5.91 Å². The summed E-state index contributed by atoms with van der Waals surface area (Å²) in [6.45, 7) is 3.51. The quantitative estimate of drug-likeness (QED) is 0.767. The molecule has 0 spiro atoms. The van der Waals surface area contributed by atoms with Gasteiger partial charge in [0, 0.05) is 30.9 Å². The molecule has 2 rings (SSSR count). The first-order chi connectivity index (χ1) is 7.72. The van der Waals surface area contributed by atoms with Crippen molar-refractivity contribution in [2.75, 3.05) is 6.54 Å². The number of rotatable bonds is 5. The summed E-state index contributed by atoms with van der Waals surface area (Å²) in [5.74, 6) is 0.477. The van der Waals surface area contributed by atoms with Gasteiger partial charge in [-0.05, 0) is 31.5 Å². The molecular formula is C11H17N3OS. The number of aryl methyl sites for hydroxylation is 1. The van der Waals surface area contributed by atoms with Crippen molar-refractivity contribution >= 4 is 18.1 Å². The lowest BCUT2D eigenvalue weighted by atomic mass is 10.3. The number of nitrogens with one attached hydrogen (secondary N) is 2.